The standard InChI is InChI=1S/C25H31N3O4/c1-4-26-11-13-27(14-12-26)24(29)16-21(18-9-10-22(31-2)23(15-18)32-3)28-17-19-7-5-6-8-20(19)25(28)30/h5-10,15,21H,4,11-14,16-17H2,1-3H3. The van der Waals surface area contributed by atoms with E-state index in [0.717, 1.165) is 43.9 Å². The lowest BCUT2D eigenvalue weighted by Gasteiger charge is -2.36. The molecule has 32 heavy (non-hydrogen) atoms. The van der Waals surface area contributed by atoms with Gasteiger partial charge in [0.1, 0.15) is 0 Å². The molecule has 2 aromatic carbocycles. The highest BCUT2D eigenvalue weighted by Gasteiger charge is 2.36. The minimum Gasteiger partial charge on any atom is -0.493 e. The van der Waals surface area contributed by atoms with Crippen molar-refractivity contribution in [1.82, 2.24) is 14.7 Å². The molecule has 1 fully saturated rings. The minimum absolute atomic E-state index is 0.0380. The van der Waals surface area contributed by atoms with Gasteiger partial charge in [-0.2, -0.15) is 0 Å². The molecule has 7 nitrogen and oxygen atoms in total. The van der Waals surface area contributed by atoms with E-state index >= 15 is 0 Å². The fourth-order valence-electron chi connectivity index (χ4n) is 4.60. The average molecular weight is 438 g/mol. The van der Waals surface area contributed by atoms with Crippen LogP contribution in [0.2, 0.25) is 0 Å². The molecule has 2 heterocycles. The zero-order valence-electron chi connectivity index (χ0n) is 19.0. The van der Waals surface area contributed by atoms with Crippen LogP contribution in [0, 0.1) is 0 Å². The molecule has 0 aromatic heterocycles. The lowest BCUT2D eigenvalue weighted by Crippen LogP contribution is -2.49. The van der Waals surface area contributed by atoms with Gasteiger partial charge in [-0.3, -0.25) is 9.59 Å². The van der Waals surface area contributed by atoms with Crippen molar-refractivity contribution in [2.45, 2.75) is 25.9 Å². The van der Waals surface area contributed by atoms with Gasteiger partial charge in [0.15, 0.2) is 11.5 Å². The topological polar surface area (TPSA) is 62.3 Å². The number of methoxy groups -OCH3 is 2. The molecular weight excluding hydrogens is 406 g/mol. The molecule has 2 aliphatic heterocycles. The Morgan fingerprint density at radius 3 is 2.38 bits per heavy atom. The molecule has 170 valence electrons. The zero-order valence-corrected chi connectivity index (χ0v) is 19.0. The number of nitrogens with zero attached hydrogens (tertiary/aromatic N) is 3. The summed E-state index contributed by atoms with van der Waals surface area (Å²) in [6.07, 6.45) is 0.237. The Morgan fingerprint density at radius 2 is 1.72 bits per heavy atom. The summed E-state index contributed by atoms with van der Waals surface area (Å²) >= 11 is 0. The minimum atomic E-state index is -0.383. The summed E-state index contributed by atoms with van der Waals surface area (Å²) in [5.74, 6) is 1.24. The van der Waals surface area contributed by atoms with Crippen LogP contribution in [0.4, 0.5) is 0 Å². The van der Waals surface area contributed by atoms with E-state index in [1.807, 2.05) is 52.3 Å². The van der Waals surface area contributed by atoms with Crippen molar-refractivity contribution >= 4 is 11.8 Å². The highest BCUT2D eigenvalue weighted by atomic mass is 16.5. The molecule has 4 rings (SSSR count). The monoisotopic (exact) mass is 437 g/mol. The van der Waals surface area contributed by atoms with Gasteiger partial charge in [0.2, 0.25) is 5.91 Å². The second-order valence-electron chi connectivity index (χ2n) is 8.24. The molecule has 2 amide bonds. The molecule has 1 saturated heterocycles. The summed E-state index contributed by atoms with van der Waals surface area (Å²) in [4.78, 5) is 32.7. The van der Waals surface area contributed by atoms with Gasteiger partial charge in [-0.15, -0.1) is 0 Å². The van der Waals surface area contributed by atoms with E-state index in [9.17, 15) is 9.59 Å². The van der Waals surface area contributed by atoms with Crippen molar-refractivity contribution in [2.24, 2.45) is 0 Å². The Labute approximate surface area is 189 Å². The third kappa shape index (κ3) is 4.30. The van der Waals surface area contributed by atoms with E-state index in [0.29, 0.717) is 23.6 Å². The summed E-state index contributed by atoms with van der Waals surface area (Å²) in [6.45, 7) is 6.84. The molecule has 0 N–H and O–H groups in total. The molecule has 2 aliphatic rings. The van der Waals surface area contributed by atoms with Gasteiger partial charge in [0.05, 0.1) is 26.7 Å². The first-order valence-corrected chi connectivity index (χ1v) is 11.2. The van der Waals surface area contributed by atoms with Crippen molar-refractivity contribution in [3.05, 3.63) is 59.2 Å². The smallest absolute Gasteiger partial charge is 0.255 e. The first-order valence-electron chi connectivity index (χ1n) is 11.2. The molecule has 1 unspecified atom stereocenters. The first-order chi connectivity index (χ1) is 15.5. The molecule has 0 spiro atoms. The van der Waals surface area contributed by atoms with Crippen LogP contribution < -0.4 is 9.47 Å². The SMILES string of the molecule is CCN1CCN(C(=O)CC(c2ccc(OC)c(OC)c2)N2Cc3ccccc3C2=O)CC1. The number of fused-ring (bicyclic) bond motifs is 1. The van der Waals surface area contributed by atoms with Crippen molar-refractivity contribution in [3.8, 4) is 11.5 Å². The van der Waals surface area contributed by atoms with Crippen LogP contribution in [0.1, 0.15) is 40.9 Å². The molecule has 7 heteroatoms. The Bertz CT molecular complexity index is 985. The van der Waals surface area contributed by atoms with Crippen molar-refractivity contribution in [3.63, 3.8) is 0 Å². The maximum absolute atomic E-state index is 13.3. The summed E-state index contributed by atoms with van der Waals surface area (Å²) in [6, 6.07) is 12.9. The number of benzene rings is 2. The van der Waals surface area contributed by atoms with Crippen LogP contribution in [0.15, 0.2) is 42.5 Å². The fourth-order valence-corrected chi connectivity index (χ4v) is 4.60. The maximum Gasteiger partial charge on any atom is 0.255 e. The average Bonchev–Trinajstić information content (AvgIpc) is 3.18. The maximum atomic E-state index is 13.3. The van der Waals surface area contributed by atoms with Gasteiger partial charge < -0.3 is 24.2 Å². The number of carbonyl (C=O) groups is 2. The van der Waals surface area contributed by atoms with Gasteiger partial charge in [-0.05, 0) is 35.9 Å². The second kappa shape index (κ2) is 9.61. The van der Waals surface area contributed by atoms with Crippen LogP contribution >= 0.6 is 0 Å². The van der Waals surface area contributed by atoms with Gasteiger partial charge in [-0.25, -0.2) is 0 Å². The summed E-state index contributed by atoms with van der Waals surface area (Å²) in [7, 11) is 3.18. The first kappa shape index (κ1) is 22.1. The lowest BCUT2D eigenvalue weighted by atomic mass is 10.00. The highest BCUT2D eigenvalue weighted by Crippen LogP contribution is 2.37. The number of hydrogen-bond donors (Lipinski definition) is 0. The Kier molecular flexibility index (Phi) is 6.65. The normalized spacial score (nSPS) is 17.3. The van der Waals surface area contributed by atoms with Gasteiger partial charge >= 0.3 is 0 Å². The number of piperazine rings is 1. The van der Waals surface area contributed by atoms with Crippen LogP contribution in [0.5, 0.6) is 11.5 Å². The molecule has 0 saturated carbocycles. The largest absolute Gasteiger partial charge is 0.493 e. The highest BCUT2D eigenvalue weighted by molar-refractivity contribution is 5.98. The van der Waals surface area contributed by atoms with Gasteiger partial charge in [-0.1, -0.05) is 31.2 Å². The van der Waals surface area contributed by atoms with Crippen molar-refractivity contribution < 1.29 is 19.1 Å². The Hall–Kier alpha value is -3.06. The number of likely N-dealkylation sites (N-methyl/N-ethyl adjacent to an activating group) is 1. The van der Waals surface area contributed by atoms with Gasteiger partial charge in [0.25, 0.3) is 5.91 Å². The molecule has 0 radical (unpaired) electrons. The number of rotatable bonds is 7. The molecular formula is C25H31N3O4. The molecule has 2 aromatic rings. The number of amides is 2. The fraction of sp³-hybridized carbons (Fsp3) is 0.440. The van der Waals surface area contributed by atoms with Crippen LogP contribution in [0.3, 0.4) is 0 Å². The summed E-state index contributed by atoms with van der Waals surface area (Å²) < 4.78 is 10.9. The predicted molar refractivity (Wildman–Crippen MR) is 122 cm³/mol. The predicted octanol–water partition coefficient (Wildman–Crippen LogP) is 2.96. The lowest BCUT2D eigenvalue weighted by molar-refractivity contribution is -0.134. The zero-order chi connectivity index (χ0) is 22.7. The quantitative estimate of drug-likeness (QED) is 0.667. The Balaban J connectivity index is 1.62. The van der Waals surface area contributed by atoms with Crippen LogP contribution in [-0.4, -0.2) is 73.5 Å². The van der Waals surface area contributed by atoms with Crippen LogP contribution in [-0.2, 0) is 11.3 Å². The molecule has 0 aliphatic carbocycles. The number of ether oxygens (including phenoxy) is 2. The summed E-state index contributed by atoms with van der Waals surface area (Å²) in [5, 5.41) is 0. The van der Waals surface area contributed by atoms with Crippen molar-refractivity contribution in [1.29, 1.82) is 0 Å². The van der Waals surface area contributed by atoms with E-state index in [1.165, 1.54) is 0 Å². The van der Waals surface area contributed by atoms with Crippen molar-refractivity contribution in [2.75, 3.05) is 46.9 Å². The van der Waals surface area contributed by atoms with Gasteiger partial charge in [0, 0.05) is 38.3 Å². The van der Waals surface area contributed by atoms with E-state index in [1.54, 1.807) is 14.2 Å². The van der Waals surface area contributed by atoms with E-state index in [-0.39, 0.29) is 24.3 Å². The van der Waals surface area contributed by atoms with E-state index in [4.69, 9.17) is 9.47 Å². The van der Waals surface area contributed by atoms with Crippen LogP contribution in [0.25, 0.3) is 0 Å². The number of carbonyl (C=O) groups excluding carboxylic acids is 2. The van der Waals surface area contributed by atoms with E-state index in [2.05, 4.69) is 11.8 Å². The number of hydrogen-bond acceptors (Lipinski definition) is 5. The third-order valence-electron chi connectivity index (χ3n) is 6.56. The summed E-state index contributed by atoms with van der Waals surface area (Å²) in [5.41, 5.74) is 2.57. The Morgan fingerprint density at radius 1 is 1.00 bits per heavy atom. The van der Waals surface area contributed by atoms with E-state index < -0.39 is 0 Å². The second-order valence-corrected chi connectivity index (χ2v) is 8.24. The molecule has 0 bridgehead atoms. The third-order valence-corrected chi connectivity index (χ3v) is 6.56. The molecule has 1 atom stereocenters.